The lowest BCUT2D eigenvalue weighted by atomic mass is 9.94. The Hall–Kier alpha value is -1.59. The molecule has 5 nitrogen and oxygen atoms in total. The fraction of sp³-hybridized carbons (Fsp3) is 0.600. The zero-order valence-electron chi connectivity index (χ0n) is 15.1. The van der Waals surface area contributed by atoms with Crippen LogP contribution in [0.2, 0.25) is 0 Å². The van der Waals surface area contributed by atoms with Crippen LogP contribution in [0.1, 0.15) is 49.7 Å². The molecule has 1 aromatic rings. The number of nitrogens with one attached hydrogen (secondary N) is 2. The van der Waals surface area contributed by atoms with Gasteiger partial charge in [-0.3, -0.25) is 9.59 Å². The largest absolute Gasteiger partial charge is 0.343 e. The molecule has 0 radical (unpaired) electrons. The van der Waals surface area contributed by atoms with Crippen LogP contribution in [0.3, 0.4) is 0 Å². The summed E-state index contributed by atoms with van der Waals surface area (Å²) in [5.41, 5.74) is 2.48. The third-order valence-electron chi connectivity index (χ3n) is 5.97. The zero-order valence-corrected chi connectivity index (χ0v) is 15.9. The zero-order chi connectivity index (χ0) is 17.2. The average Bonchev–Trinajstić information content (AvgIpc) is 3.02. The minimum atomic E-state index is -0.339. The first-order valence-corrected chi connectivity index (χ1v) is 9.63. The van der Waals surface area contributed by atoms with E-state index >= 15 is 0 Å². The van der Waals surface area contributed by atoms with Gasteiger partial charge in [-0.2, -0.15) is 0 Å². The van der Waals surface area contributed by atoms with Crippen LogP contribution < -0.4 is 10.6 Å². The third kappa shape index (κ3) is 3.89. The van der Waals surface area contributed by atoms with Gasteiger partial charge in [0.15, 0.2) is 0 Å². The molecule has 1 saturated carbocycles. The lowest BCUT2D eigenvalue weighted by Crippen LogP contribution is -2.52. The Morgan fingerprint density at radius 1 is 1.08 bits per heavy atom. The van der Waals surface area contributed by atoms with Crippen molar-refractivity contribution in [1.82, 2.24) is 15.5 Å². The predicted octanol–water partition coefficient (Wildman–Crippen LogP) is 2.17. The van der Waals surface area contributed by atoms with Gasteiger partial charge in [0.2, 0.25) is 11.8 Å². The molecule has 1 aromatic carbocycles. The van der Waals surface area contributed by atoms with Gasteiger partial charge in [-0.05, 0) is 36.8 Å². The number of amides is 2. The Morgan fingerprint density at radius 2 is 1.81 bits per heavy atom. The summed E-state index contributed by atoms with van der Waals surface area (Å²) in [7, 11) is 0. The molecule has 0 spiro atoms. The molecule has 2 amide bonds. The highest BCUT2D eigenvalue weighted by Gasteiger charge is 2.38. The molecule has 0 aromatic heterocycles. The van der Waals surface area contributed by atoms with Crippen molar-refractivity contribution in [3.05, 3.63) is 35.4 Å². The molecule has 2 fully saturated rings. The summed E-state index contributed by atoms with van der Waals surface area (Å²) < 4.78 is 0. The minimum absolute atomic E-state index is 0. The number of nitrogens with zero attached hydrogens (tertiary/aromatic N) is 1. The number of likely N-dealkylation sites (tertiary alicyclic amines) is 1. The summed E-state index contributed by atoms with van der Waals surface area (Å²) in [5, 5.41) is 6.31. The number of rotatable bonds is 3. The topological polar surface area (TPSA) is 61.4 Å². The fourth-order valence-electron chi connectivity index (χ4n) is 4.50. The molecule has 3 aliphatic rings. The second-order valence-electron chi connectivity index (χ2n) is 7.58. The standard InChI is InChI=1S/C20H27N3O2.ClH/c24-19(18-12-14-6-4-5-7-15(14)13-21-18)22-17-10-11-23(20(17)25)16-8-2-1-3-9-16;/h4-7,16-18,21H,1-3,8-13H2,(H,22,24);1H. The van der Waals surface area contributed by atoms with Gasteiger partial charge in [0, 0.05) is 19.1 Å². The molecule has 2 unspecified atom stereocenters. The van der Waals surface area contributed by atoms with Crippen LogP contribution in [-0.4, -0.2) is 41.4 Å². The van der Waals surface area contributed by atoms with Crippen LogP contribution in [0.5, 0.6) is 0 Å². The number of carbonyl (C=O) groups is 2. The second-order valence-corrected chi connectivity index (χ2v) is 7.58. The Kier molecular flexibility index (Phi) is 6.20. The normalized spacial score (nSPS) is 26.2. The highest BCUT2D eigenvalue weighted by molar-refractivity contribution is 5.91. The number of benzene rings is 1. The lowest BCUT2D eigenvalue weighted by Gasteiger charge is -2.31. The van der Waals surface area contributed by atoms with Crippen LogP contribution in [-0.2, 0) is 22.6 Å². The number of carbonyl (C=O) groups excluding carboxylic acids is 2. The van der Waals surface area contributed by atoms with Gasteiger partial charge in [0.1, 0.15) is 6.04 Å². The average molecular weight is 378 g/mol. The molecule has 0 bridgehead atoms. The second kappa shape index (κ2) is 8.40. The van der Waals surface area contributed by atoms with Gasteiger partial charge in [-0.25, -0.2) is 0 Å². The Morgan fingerprint density at radius 3 is 2.58 bits per heavy atom. The Balaban J connectivity index is 0.00000196. The monoisotopic (exact) mass is 377 g/mol. The van der Waals surface area contributed by atoms with E-state index in [1.165, 1.54) is 30.4 Å². The van der Waals surface area contributed by atoms with Crippen molar-refractivity contribution in [1.29, 1.82) is 0 Å². The maximum absolute atomic E-state index is 12.7. The lowest BCUT2D eigenvalue weighted by molar-refractivity contribution is -0.135. The Labute approximate surface area is 161 Å². The molecular formula is C20H28ClN3O2. The smallest absolute Gasteiger partial charge is 0.245 e. The maximum Gasteiger partial charge on any atom is 0.245 e. The summed E-state index contributed by atoms with van der Waals surface area (Å²) in [5.74, 6) is 0.0785. The molecule has 2 N–H and O–H groups in total. The van der Waals surface area contributed by atoms with E-state index in [-0.39, 0.29) is 36.3 Å². The molecule has 4 rings (SSSR count). The van der Waals surface area contributed by atoms with Crippen LogP contribution in [0.25, 0.3) is 0 Å². The maximum atomic E-state index is 12.7. The summed E-state index contributed by atoms with van der Waals surface area (Å²) in [6.07, 6.45) is 7.39. The van der Waals surface area contributed by atoms with Crippen LogP contribution in [0.4, 0.5) is 0 Å². The predicted molar refractivity (Wildman–Crippen MR) is 103 cm³/mol. The van der Waals surface area contributed by atoms with Crippen LogP contribution in [0, 0.1) is 0 Å². The van der Waals surface area contributed by atoms with Gasteiger partial charge in [-0.15, -0.1) is 12.4 Å². The van der Waals surface area contributed by atoms with E-state index in [9.17, 15) is 9.59 Å². The number of halogens is 1. The van der Waals surface area contributed by atoms with Gasteiger partial charge < -0.3 is 15.5 Å². The molecular weight excluding hydrogens is 350 g/mol. The van der Waals surface area contributed by atoms with Gasteiger partial charge in [0.25, 0.3) is 0 Å². The van der Waals surface area contributed by atoms with E-state index in [4.69, 9.17) is 0 Å². The highest BCUT2D eigenvalue weighted by atomic mass is 35.5. The summed E-state index contributed by atoms with van der Waals surface area (Å²) in [6, 6.07) is 8.03. The molecule has 2 atom stereocenters. The Bertz CT molecular complexity index is 660. The van der Waals surface area contributed by atoms with E-state index in [2.05, 4.69) is 22.8 Å². The van der Waals surface area contributed by atoms with E-state index < -0.39 is 0 Å². The van der Waals surface area contributed by atoms with E-state index in [0.29, 0.717) is 19.0 Å². The van der Waals surface area contributed by atoms with E-state index in [0.717, 1.165) is 25.8 Å². The van der Waals surface area contributed by atoms with Crippen molar-refractivity contribution in [2.24, 2.45) is 0 Å². The molecule has 1 saturated heterocycles. The number of hydrogen-bond acceptors (Lipinski definition) is 3. The van der Waals surface area contributed by atoms with Gasteiger partial charge in [-0.1, -0.05) is 43.5 Å². The van der Waals surface area contributed by atoms with Gasteiger partial charge in [0.05, 0.1) is 6.04 Å². The molecule has 6 heteroatoms. The SMILES string of the molecule is Cl.O=C(NC1CCN(C2CCCCC2)C1=O)C1Cc2ccccc2CN1. The van der Waals surface area contributed by atoms with E-state index in [1.807, 2.05) is 17.0 Å². The fourth-order valence-corrected chi connectivity index (χ4v) is 4.50. The van der Waals surface area contributed by atoms with Crippen molar-refractivity contribution in [2.75, 3.05) is 6.54 Å². The molecule has 2 heterocycles. The third-order valence-corrected chi connectivity index (χ3v) is 5.97. The van der Waals surface area contributed by atoms with Crippen molar-refractivity contribution in [3.8, 4) is 0 Å². The van der Waals surface area contributed by atoms with Crippen LogP contribution >= 0.6 is 12.4 Å². The molecule has 1 aliphatic carbocycles. The summed E-state index contributed by atoms with van der Waals surface area (Å²) >= 11 is 0. The quantitative estimate of drug-likeness (QED) is 0.848. The first-order chi connectivity index (χ1) is 12.2. The van der Waals surface area contributed by atoms with Crippen molar-refractivity contribution in [2.45, 2.75) is 69.6 Å². The first-order valence-electron chi connectivity index (χ1n) is 9.63. The van der Waals surface area contributed by atoms with Crippen molar-refractivity contribution < 1.29 is 9.59 Å². The van der Waals surface area contributed by atoms with Crippen molar-refractivity contribution >= 4 is 24.2 Å². The van der Waals surface area contributed by atoms with Gasteiger partial charge >= 0.3 is 0 Å². The van der Waals surface area contributed by atoms with Crippen LogP contribution in [0.15, 0.2) is 24.3 Å². The number of hydrogen-bond donors (Lipinski definition) is 2. The minimum Gasteiger partial charge on any atom is -0.343 e. The van der Waals surface area contributed by atoms with Crippen molar-refractivity contribution in [3.63, 3.8) is 0 Å². The summed E-state index contributed by atoms with van der Waals surface area (Å²) in [6.45, 7) is 1.50. The molecule has 142 valence electrons. The summed E-state index contributed by atoms with van der Waals surface area (Å²) in [4.78, 5) is 27.4. The molecule has 26 heavy (non-hydrogen) atoms. The molecule has 2 aliphatic heterocycles. The highest BCUT2D eigenvalue weighted by Crippen LogP contribution is 2.26. The number of fused-ring (bicyclic) bond motifs is 1. The first kappa shape index (κ1) is 19.2. The van der Waals surface area contributed by atoms with E-state index in [1.54, 1.807) is 0 Å².